The van der Waals surface area contributed by atoms with E-state index in [0.29, 0.717) is 5.69 Å². The monoisotopic (exact) mass is 305 g/mol. The predicted octanol–water partition coefficient (Wildman–Crippen LogP) is -0.638. The summed E-state index contributed by atoms with van der Waals surface area (Å²) < 4.78 is 26.5. The van der Waals surface area contributed by atoms with Gasteiger partial charge in [0.15, 0.2) is 0 Å². The summed E-state index contributed by atoms with van der Waals surface area (Å²) in [4.78, 5) is 22.4. The van der Waals surface area contributed by atoms with Gasteiger partial charge in [-0.1, -0.05) is 5.16 Å². The summed E-state index contributed by atoms with van der Waals surface area (Å²) in [5.41, 5.74) is 0.475. The van der Waals surface area contributed by atoms with E-state index in [9.17, 15) is 18.0 Å². The standard InChI is InChI=1S/C10H15N3O6S/c1-20(17,18)5-3-8(9(14)15)12-10(16)11-6-7-2-4-19-13-7/h2,4,8H,3,5-6H2,1H3,(H,14,15)(H2,11,12,16). The van der Waals surface area contributed by atoms with Crippen molar-refractivity contribution in [3.8, 4) is 0 Å². The molecule has 0 aliphatic rings. The number of carboxylic acids is 1. The number of nitrogens with one attached hydrogen (secondary N) is 2. The molecule has 0 aliphatic heterocycles. The molecule has 0 aromatic carbocycles. The van der Waals surface area contributed by atoms with E-state index in [1.54, 1.807) is 6.07 Å². The second kappa shape index (κ2) is 6.89. The van der Waals surface area contributed by atoms with E-state index in [0.717, 1.165) is 6.26 Å². The Morgan fingerprint density at radius 1 is 1.50 bits per heavy atom. The highest BCUT2D eigenvalue weighted by molar-refractivity contribution is 7.90. The SMILES string of the molecule is CS(=O)(=O)CCC(NC(=O)NCc1ccon1)C(=O)O. The molecule has 0 spiro atoms. The van der Waals surface area contributed by atoms with Gasteiger partial charge in [0.25, 0.3) is 0 Å². The highest BCUT2D eigenvalue weighted by Crippen LogP contribution is 1.98. The minimum Gasteiger partial charge on any atom is -0.480 e. The number of carbonyl (C=O) groups excluding carboxylic acids is 1. The van der Waals surface area contributed by atoms with Gasteiger partial charge >= 0.3 is 12.0 Å². The molecule has 112 valence electrons. The summed E-state index contributed by atoms with van der Waals surface area (Å²) >= 11 is 0. The quantitative estimate of drug-likeness (QED) is 0.609. The lowest BCUT2D eigenvalue weighted by Gasteiger charge is -2.14. The summed E-state index contributed by atoms with van der Waals surface area (Å²) in [6.45, 7) is 0.0702. The molecular weight excluding hydrogens is 290 g/mol. The Hall–Kier alpha value is -2.10. The normalized spacial score (nSPS) is 12.7. The Kier molecular flexibility index (Phi) is 5.50. The Balaban J connectivity index is 2.44. The molecule has 0 saturated carbocycles. The smallest absolute Gasteiger partial charge is 0.326 e. The van der Waals surface area contributed by atoms with E-state index in [1.807, 2.05) is 0 Å². The fourth-order valence-corrected chi connectivity index (χ4v) is 1.96. The second-order valence-electron chi connectivity index (χ2n) is 4.13. The number of hydrogen-bond acceptors (Lipinski definition) is 6. The van der Waals surface area contributed by atoms with Crippen molar-refractivity contribution in [2.24, 2.45) is 0 Å². The van der Waals surface area contributed by atoms with E-state index in [1.165, 1.54) is 6.26 Å². The molecule has 1 atom stereocenters. The van der Waals surface area contributed by atoms with E-state index < -0.39 is 27.9 Å². The van der Waals surface area contributed by atoms with Gasteiger partial charge in [0.2, 0.25) is 0 Å². The van der Waals surface area contributed by atoms with E-state index in [2.05, 4.69) is 20.3 Å². The molecule has 1 aromatic heterocycles. The highest BCUT2D eigenvalue weighted by atomic mass is 32.2. The van der Waals surface area contributed by atoms with Crippen molar-refractivity contribution in [3.05, 3.63) is 18.0 Å². The maximum atomic E-state index is 11.5. The first-order chi connectivity index (χ1) is 9.28. The zero-order chi connectivity index (χ0) is 15.2. The number of carboxylic acid groups (broad SMARTS) is 1. The Morgan fingerprint density at radius 3 is 2.70 bits per heavy atom. The van der Waals surface area contributed by atoms with Crippen molar-refractivity contribution in [2.45, 2.75) is 19.0 Å². The van der Waals surface area contributed by atoms with Gasteiger partial charge < -0.3 is 20.3 Å². The van der Waals surface area contributed by atoms with Crippen molar-refractivity contribution in [2.75, 3.05) is 12.0 Å². The fraction of sp³-hybridized carbons (Fsp3) is 0.500. The summed E-state index contributed by atoms with van der Waals surface area (Å²) in [7, 11) is -3.29. The van der Waals surface area contributed by atoms with Crippen molar-refractivity contribution < 1.29 is 27.6 Å². The fourth-order valence-electron chi connectivity index (χ4n) is 1.30. The van der Waals surface area contributed by atoms with Crippen molar-refractivity contribution in [3.63, 3.8) is 0 Å². The first-order valence-electron chi connectivity index (χ1n) is 5.62. The molecular formula is C10H15N3O6S. The maximum Gasteiger partial charge on any atom is 0.326 e. The summed E-state index contributed by atoms with van der Waals surface area (Å²) in [5, 5.41) is 17.0. The van der Waals surface area contributed by atoms with Crippen molar-refractivity contribution >= 4 is 21.8 Å². The van der Waals surface area contributed by atoms with Gasteiger partial charge in [-0.25, -0.2) is 18.0 Å². The molecule has 1 aromatic rings. The minimum atomic E-state index is -3.29. The summed E-state index contributed by atoms with van der Waals surface area (Å²) in [6.07, 6.45) is 2.13. The van der Waals surface area contributed by atoms with Crippen molar-refractivity contribution in [1.82, 2.24) is 15.8 Å². The molecule has 0 aliphatic carbocycles. The number of nitrogens with zero attached hydrogens (tertiary/aromatic N) is 1. The van der Waals surface area contributed by atoms with E-state index in [4.69, 9.17) is 5.11 Å². The van der Waals surface area contributed by atoms with Gasteiger partial charge in [-0.2, -0.15) is 0 Å². The van der Waals surface area contributed by atoms with Crippen LogP contribution in [0.2, 0.25) is 0 Å². The van der Waals surface area contributed by atoms with Gasteiger partial charge in [0.05, 0.1) is 12.3 Å². The highest BCUT2D eigenvalue weighted by Gasteiger charge is 2.21. The molecule has 0 bridgehead atoms. The van der Waals surface area contributed by atoms with Gasteiger partial charge in [-0.15, -0.1) is 0 Å². The van der Waals surface area contributed by atoms with Crippen LogP contribution in [-0.4, -0.2) is 48.7 Å². The second-order valence-corrected chi connectivity index (χ2v) is 6.39. The largest absolute Gasteiger partial charge is 0.480 e. The Bertz CT molecular complexity index is 554. The molecule has 20 heavy (non-hydrogen) atoms. The third kappa shape index (κ3) is 6.18. The average Bonchev–Trinajstić information content (AvgIpc) is 2.83. The predicted molar refractivity (Wildman–Crippen MR) is 67.6 cm³/mol. The third-order valence-electron chi connectivity index (χ3n) is 2.30. The van der Waals surface area contributed by atoms with Crippen LogP contribution in [0.3, 0.4) is 0 Å². The lowest BCUT2D eigenvalue weighted by molar-refractivity contribution is -0.139. The molecule has 1 unspecified atom stereocenters. The number of aromatic nitrogens is 1. The number of sulfone groups is 1. The molecule has 10 heteroatoms. The van der Waals surface area contributed by atoms with Gasteiger partial charge in [-0.05, 0) is 6.42 Å². The number of carbonyl (C=O) groups is 2. The van der Waals surface area contributed by atoms with E-state index >= 15 is 0 Å². The molecule has 0 saturated heterocycles. The number of amides is 2. The number of rotatable bonds is 7. The maximum absolute atomic E-state index is 11.5. The number of aliphatic carboxylic acids is 1. The molecule has 2 amide bonds. The Labute approximate surface area is 115 Å². The topological polar surface area (TPSA) is 139 Å². The molecule has 9 nitrogen and oxygen atoms in total. The number of hydrogen-bond donors (Lipinski definition) is 3. The summed E-state index contributed by atoms with van der Waals surface area (Å²) in [5.74, 6) is -1.63. The molecule has 1 rings (SSSR count). The summed E-state index contributed by atoms with van der Waals surface area (Å²) in [6, 6.07) is -0.463. The van der Waals surface area contributed by atoms with Gasteiger partial charge in [0.1, 0.15) is 27.8 Å². The molecule has 0 radical (unpaired) electrons. The van der Waals surface area contributed by atoms with Crippen LogP contribution in [0.25, 0.3) is 0 Å². The van der Waals surface area contributed by atoms with Crippen LogP contribution in [0, 0.1) is 0 Å². The first-order valence-corrected chi connectivity index (χ1v) is 7.68. The first kappa shape index (κ1) is 16.0. The average molecular weight is 305 g/mol. The zero-order valence-electron chi connectivity index (χ0n) is 10.7. The van der Waals surface area contributed by atoms with Crippen LogP contribution in [0.5, 0.6) is 0 Å². The van der Waals surface area contributed by atoms with Crippen LogP contribution in [0.1, 0.15) is 12.1 Å². The lowest BCUT2D eigenvalue weighted by atomic mass is 10.2. The van der Waals surface area contributed by atoms with Crippen molar-refractivity contribution in [1.29, 1.82) is 0 Å². The van der Waals surface area contributed by atoms with Gasteiger partial charge in [0, 0.05) is 12.3 Å². The van der Waals surface area contributed by atoms with Crippen LogP contribution in [0.4, 0.5) is 4.79 Å². The van der Waals surface area contributed by atoms with Crippen LogP contribution in [-0.2, 0) is 21.2 Å². The lowest BCUT2D eigenvalue weighted by Crippen LogP contribution is -2.46. The third-order valence-corrected chi connectivity index (χ3v) is 3.28. The van der Waals surface area contributed by atoms with Crippen LogP contribution >= 0.6 is 0 Å². The zero-order valence-corrected chi connectivity index (χ0v) is 11.5. The minimum absolute atomic E-state index is 0.0702. The van der Waals surface area contributed by atoms with Gasteiger partial charge in [-0.3, -0.25) is 0 Å². The number of urea groups is 1. The molecule has 1 heterocycles. The molecule has 3 N–H and O–H groups in total. The molecule has 0 fully saturated rings. The van der Waals surface area contributed by atoms with Crippen LogP contribution < -0.4 is 10.6 Å². The van der Waals surface area contributed by atoms with Crippen LogP contribution in [0.15, 0.2) is 16.9 Å². The van der Waals surface area contributed by atoms with E-state index in [-0.39, 0.29) is 18.7 Å². The Morgan fingerprint density at radius 2 is 2.20 bits per heavy atom.